The van der Waals surface area contributed by atoms with Gasteiger partial charge < -0.3 is 36.8 Å². The van der Waals surface area contributed by atoms with E-state index in [1.807, 2.05) is 0 Å². The van der Waals surface area contributed by atoms with Crippen LogP contribution in [0.5, 0.6) is 0 Å². The molecule has 2 amide bonds. The molecular formula is C21H33N3O10S. The van der Waals surface area contributed by atoms with Crippen LogP contribution in [0, 0.1) is 17.8 Å². The lowest BCUT2D eigenvalue weighted by atomic mass is 9.81. The number of thioether (sulfide) groups is 1. The largest absolute Gasteiger partial charge is 0.480 e. The number of nitrogens with two attached hydrogens (primary N) is 1. The number of hydrogen-bond acceptors (Lipinski definition) is 10. The molecule has 0 bridgehead atoms. The number of nitrogens with one attached hydrogen (secondary N) is 2. The average Bonchev–Trinajstić information content (AvgIpc) is 3.02. The number of amides is 2. The first-order valence-electron chi connectivity index (χ1n) is 11.0. The van der Waals surface area contributed by atoms with Gasteiger partial charge in [-0.2, -0.15) is 0 Å². The topological polar surface area (TPSA) is 233 Å². The van der Waals surface area contributed by atoms with Crippen LogP contribution >= 0.6 is 11.8 Å². The van der Waals surface area contributed by atoms with Crippen molar-refractivity contribution in [2.45, 2.75) is 63.8 Å². The van der Waals surface area contributed by atoms with Gasteiger partial charge in [0.1, 0.15) is 18.4 Å². The van der Waals surface area contributed by atoms with E-state index in [2.05, 4.69) is 10.6 Å². The van der Waals surface area contributed by atoms with Gasteiger partial charge in [0, 0.05) is 18.6 Å². The first-order valence-corrected chi connectivity index (χ1v) is 12.0. The van der Waals surface area contributed by atoms with Crippen LogP contribution in [0.2, 0.25) is 0 Å². The molecule has 3 unspecified atom stereocenters. The molecule has 8 N–H and O–H groups in total. The van der Waals surface area contributed by atoms with Crippen LogP contribution in [-0.2, 0) is 28.8 Å². The molecule has 35 heavy (non-hydrogen) atoms. The number of rotatable bonds is 14. The number of carboxylic acids is 2. The van der Waals surface area contributed by atoms with Crippen molar-refractivity contribution in [3.05, 3.63) is 0 Å². The molecule has 1 heterocycles. The zero-order valence-electron chi connectivity index (χ0n) is 19.7. The van der Waals surface area contributed by atoms with E-state index in [4.69, 9.17) is 15.9 Å². The highest BCUT2D eigenvalue weighted by atomic mass is 32.2. The van der Waals surface area contributed by atoms with E-state index >= 15 is 0 Å². The molecule has 0 saturated carbocycles. The summed E-state index contributed by atoms with van der Waals surface area (Å²) in [5, 5.41) is 42.7. The Morgan fingerprint density at radius 3 is 2.26 bits per heavy atom. The number of carboxylic acid groups (broad SMARTS) is 2. The molecule has 0 spiro atoms. The molecule has 14 heteroatoms. The number of Topliss-reactive ketones (excluding diaryl/α,β-unsaturated/α-hetero) is 1. The molecule has 0 radical (unpaired) electrons. The number of aliphatic hydroxyl groups is 2. The Kier molecular flexibility index (Phi) is 11.3. The van der Waals surface area contributed by atoms with E-state index in [0.29, 0.717) is 11.8 Å². The fourth-order valence-electron chi connectivity index (χ4n) is 3.64. The summed E-state index contributed by atoms with van der Waals surface area (Å²) in [6.45, 7) is 3.85. The Bertz CT molecular complexity index is 851. The molecule has 1 fully saturated rings. The maximum Gasteiger partial charge on any atom is 0.322 e. The Morgan fingerprint density at radius 1 is 1.20 bits per heavy atom. The fraction of sp³-hybridized carbons (Fsp3) is 0.714. The third-order valence-electron chi connectivity index (χ3n) is 5.85. The summed E-state index contributed by atoms with van der Waals surface area (Å²) >= 11 is 0.515. The molecule has 1 rings (SSSR count). The van der Waals surface area contributed by atoms with Crippen LogP contribution in [0.3, 0.4) is 0 Å². The summed E-state index contributed by atoms with van der Waals surface area (Å²) in [7, 11) is 0. The van der Waals surface area contributed by atoms with Crippen molar-refractivity contribution >= 4 is 46.4 Å². The minimum Gasteiger partial charge on any atom is -0.480 e. The number of carbonyl (C=O) groups excluding carboxylic acids is 4. The standard InChI is InChI=1S/C21H33N3O10S/c1-9(2)15(28)21(16(29)10(3)17(30)24-21)20(34)35-8-11(18(31)23-7-14(26)27)6-12(25)4-5-13(22)19(32)33/h9-11,13,15-16,28-29H,4-8,22H2,1-3H3,(H,23,31)(H,24,30)(H,26,27)(H,32,33)/t10-,11?,13?,15?,16+,21-/m1/s1. The number of hydrogen-bond donors (Lipinski definition) is 7. The summed E-state index contributed by atoms with van der Waals surface area (Å²) < 4.78 is 0. The molecular weight excluding hydrogens is 486 g/mol. The van der Waals surface area contributed by atoms with Gasteiger partial charge in [-0.15, -0.1) is 0 Å². The van der Waals surface area contributed by atoms with Gasteiger partial charge in [-0.25, -0.2) is 0 Å². The van der Waals surface area contributed by atoms with Crippen LogP contribution in [0.1, 0.15) is 40.0 Å². The second kappa shape index (κ2) is 13.0. The van der Waals surface area contributed by atoms with E-state index < -0.39 is 89.2 Å². The van der Waals surface area contributed by atoms with E-state index in [9.17, 15) is 39.0 Å². The molecule has 1 saturated heterocycles. The minimum absolute atomic E-state index is 0.177. The van der Waals surface area contributed by atoms with Gasteiger partial charge in [-0.3, -0.25) is 28.8 Å². The highest BCUT2D eigenvalue weighted by Crippen LogP contribution is 2.36. The van der Waals surface area contributed by atoms with Crippen LogP contribution in [0.25, 0.3) is 0 Å². The Balaban J connectivity index is 3.04. The second-order valence-electron chi connectivity index (χ2n) is 8.91. The summed E-state index contributed by atoms with van der Waals surface area (Å²) in [6, 6.07) is -1.28. The van der Waals surface area contributed by atoms with E-state index in [-0.39, 0.29) is 18.6 Å². The Morgan fingerprint density at radius 2 is 1.80 bits per heavy atom. The van der Waals surface area contributed by atoms with Crippen molar-refractivity contribution in [3.8, 4) is 0 Å². The molecule has 198 valence electrons. The maximum atomic E-state index is 13.2. The van der Waals surface area contributed by atoms with Crippen molar-refractivity contribution in [3.63, 3.8) is 0 Å². The fourth-order valence-corrected chi connectivity index (χ4v) is 4.80. The van der Waals surface area contributed by atoms with Crippen LogP contribution < -0.4 is 16.4 Å². The lowest BCUT2D eigenvalue weighted by molar-refractivity contribution is -0.139. The molecule has 0 aromatic rings. The minimum atomic E-state index is -2.03. The van der Waals surface area contributed by atoms with Gasteiger partial charge in [0.2, 0.25) is 16.9 Å². The van der Waals surface area contributed by atoms with Crippen LogP contribution in [0.15, 0.2) is 0 Å². The lowest BCUT2D eigenvalue weighted by Crippen LogP contribution is -2.64. The third kappa shape index (κ3) is 7.72. The van der Waals surface area contributed by atoms with E-state index in [1.54, 1.807) is 13.8 Å². The second-order valence-corrected chi connectivity index (χ2v) is 9.91. The number of aliphatic hydroxyl groups excluding tert-OH is 2. The quantitative estimate of drug-likeness (QED) is 0.133. The summed E-state index contributed by atoms with van der Waals surface area (Å²) in [5.74, 6) is -7.64. The van der Waals surface area contributed by atoms with Gasteiger partial charge in [0.25, 0.3) is 0 Å². The molecule has 0 aromatic carbocycles. The molecule has 13 nitrogen and oxygen atoms in total. The predicted octanol–water partition coefficient (Wildman–Crippen LogP) is -1.90. The van der Waals surface area contributed by atoms with Gasteiger partial charge in [-0.1, -0.05) is 32.5 Å². The first kappa shape index (κ1) is 30.5. The van der Waals surface area contributed by atoms with Crippen molar-refractivity contribution in [2.75, 3.05) is 12.3 Å². The van der Waals surface area contributed by atoms with Gasteiger partial charge in [0.05, 0.1) is 24.0 Å². The summed E-state index contributed by atoms with van der Waals surface area (Å²) in [6.07, 6.45) is -3.86. The van der Waals surface area contributed by atoms with Crippen molar-refractivity contribution < 1.29 is 49.2 Å². The highest BCUT2D eigenvalue weighted by molar-refractivity contribution is 8.13. The zero-order valence-corrected chi connectivity index (χ0v) is 20.5. The third-order valence-corrected chi connectivity index (χ3v) is 7.01. The Hall–Kier alpha value is -2.55. The number of carbonyl (C=O) groups is 6. The molecule has 6 atom stereocenters. The van der Waals surface area contributed by atoms with E-state index in [1.165, 1.54) is 6.92 Å². The van der Waals surface area contributed by atoms with Gasteiger partial charge in [0.15, 0.2) is 5.54 Å². The van der Waals surface area contributed by atoms with Crippen molar-refractivity contribution in [1.82, 2.24) is 10.6 Å². The predicted molar refractivity (Wildman–Crippen MR) is 123 cm³/mol. The number of aliphatic carboxylic acids is 2. The SMILES string of the molecule is CC(C)C(O)[C@@]1(C(=O)SCC(CC(=O)CCC(N)C(=O)O)C(=O)NCC(=O)O)NC(=O)[C@H](C)[C@@H]1O. The van der Waals surface area contributed by atoms with E-state index in [0.717, 1.165) is 0 Å². The van der Waals surface area contributed by atoms with Gasteiger partial charge >= 0.3 is 11.9 Å². The van der Waals surface area contributed by atoms with Gasteiger partial charge in [-0.05, 0) is 12.3 Å². The lowest BCUT2D eigenvalue weighted by Gasteiger charge is -2.37. The first-order chi connectivity index (χ1) is 16.1. The molecule has 1 aliphatic rings. The molecule has 0 aliphatic carbocycles. The van der Waals surface area contributed by atoms with Crippen molar-refractivity contribution in [1.29, 1.82) is 0 Å². The Labute approximate surface area is 206 Å². The summed E-state index contributed by atoms with van der Waals surface area (Å²) in [4.78, 5) is 71.9. The average molecular weight is 520 g/mol. The van der Waals surface area contributed by atoms with Crippen molar-refractivity contribution in [2.24, 2.45) is 23.5 Å². The molecule has 1 aliphatic heterocycles. The molecule has 0 aromatic heterocycles. The normalized spacial score (nSPS) is 24.4. The highest BCUT2D eigenvalue weighted by Gasteiger charge is 2.60. The van der Waals surface area contributed by atoms with Crippen LogP contribution in [-0.4, -0.2) is 91.2 Å². The number of ketones is 1. The smallest absolute Gasteiger partial charge is 0.322 e. The van der Waals surface area contributed by atoms with Crippen LogP contribution in [0.4, 0.5) is 0 Å². The zero-order chi connectivity index (χ0) is 27.1. The summed E-state index contributed by atoms with van der Waals surface area (Å²) in [5.41, 5.74) is 3.35. The monoisotopic (exact) mass is 519 g/mol. The maximum absolute atomic E-state index is 13.2.